The van der Waals surface area contributed by atoms with Crippen molar-refractivity contribution in [1.29, 1.82) is 0 Å². The molecule has 0 aliphatic carbocycles. The van der Waals surface area contributed by atoms with Crippen molar-refractivity contribution >= 4 is 38.2 Å². The first-order valence-corrected chi connectivity index (χ1v) is 10.0. The van der Waals surface area contributed by atoms with E-state index in [1.165, 1.54) is 49.5 Å². The maximum Gasteiger partial charge on any atom is 0.308 e. The van der Waals surface area contributed by atoms with Crippen molar-refractivity contribution in [2.24, 2.45) is 0 Å². The summed E-state index contributed by atoms with van der Waals surface area (Å²) in [6.07, 6.45) is 1.21. The highest BCUT2D eigenvalue weighted by molar-refractivity contribution is 7.93. The molecule has 1 aromatic heterocycles. The second kappa shape index (κ2) is 7.68. The number of rotatable bonds is 5. The molecule has 3 aromatic rings. The van der Waals surface area contributed by atoms with Gasteiger partial charge < -0.3 is 4.74 Å². The van der Waals surface area contributed by atoms with Crippen molar-refractivity contribution in [3.8, 4) is 5.75 Å². The minimum Gasteiger partial charge on any atom is -0.427 e. The Morgan fingerprint density at radius 2 is 1.70 bits per heavy atom. The Balaban J connectivity index is 1.74. The molecular weight excluding hydrogens is 388 g/mol. The van der Waals surface area contributed by atoms with Gasteiger partial charge in [0.05, 0.1) is 11.1 Å². The number of esters is 1. The molecule has 0 saturated carbocycles. The van der Waals surface area contributed by atoms with Crippen LogP contribution in [-0.4, -0.2) is 25.3 Å². The van der Waals surface area contributed by atoms with E-state index < -0.39 is 21.7 Å². The van der Waals surface area contributed by atoms with Crippen LogP contribution in [0, 0.1) is 0 Å². The molecule has 0 unspecified atom stereocenters. The highest BCUT2D eigenvalue weighted by Gasteiger charge is 2.21. The molecule has 3 rings (SSSR count). The zero-order valence-electron chi connectivity index (χ0n) is 14.1. The number of carbonyl (C=O) groups is 2. The number of anilines is 1. The molecular formula is C18H14N2O5S2. The lowest BCUT2D eigenvalue weighted by molar-refractivity contribution is -0.131. The fraction of sp³-hybridized carbons (Fsp3) is 0.0556. The van der Waals surface area contributed by atoms with Gasteiger partial charge in [-0.1, -0.05) is 29.5 Å². The van der Waals surface area contributed by atoms with Crippen molar-refractivity contribution in [3.05, 3.63) is 66.4 Å². The van der Waals surface area contributed by atoms with Gasteiger partial charge in [-0.25, -0.2) is 13.4 Å². The number of hydrogen-bond donors (Lipinski definition) is 1. The SMILES string of the molecule is CC(=O)Oc1ccc(C(=O)Nc2ncc(S(=O)(=O)c3ccccc3)s2)cc1. The van der Waals surface area contributed by atoms with E-state index in [0.29, 0.717) is 11.3 Å². The number of ether oxygens (including phenoxy) is 1. The van der Waals surface area contributed by atoms with Crippen LogP contribution >= 0.6 is 11.3 Å². The highest BCUT2D eigenvalue weighted by atomic mass is 32.2. The van der Waals surface area contributed by atoms with Crippen molar-refractivity contribution in [2.45, 2.75) is 16.0 Å². The lowest BCUT2D eigenvalue weighted by Crippen LogP contribution is -2.11. The van der Waals surface area contributed by atoms with E-state index in [1.807, 2.05) is 0 Å². The highest BCUT2D eigenvalue weighted by Crippen LogP contribution is 2.28. The molecule has 0 aliphatic rings. The summed E-state index contributed by atoms with van der Waals surface area (Å²) in [5.41, 5.74) is 0.313. The maximum absolute atomic E-state index is 12.5. The molecule has 2 aromatic carbocycles. The Kier molecular flexibility index (Phi) is 5.33. The second-order valence-electron chi connectivity index (χ2n) is 5.37. The van der Waals surface area contributed by atoms with Gasteiger partial charge in [0.15, 0.2) is 5.13 Å². The van der Waals surface area contributed by atoms with E-state index in [2.05, 4.69) is 10.3 Å². The van der Waals surface area contributed by atoms with E-state index in [4.69, 9.17) is 4.74 Å². The van der Waals surface area contributed by atoms with Crippen LogP contribution in [0.2, 0.25) is 0 Å². The van der Waals surface area contributed by atoms with Crippen molar-refractivity contribution < 1.29 is 22.7 Å². The lowest BCUT2D eigenvalue weighted by atomic mass is 10.2. The third-order valence-corrected chi connectivity index (χ3v) is 6.54. The monoisotopic (exact) mass is 402 g/mol. The van der Waals surface area contributed by atoms with Gasteiger partial charge in [-0.05, 0) is 36.4 Å². The Morgan fingerprint density at radius 3 is 2.33 bits per heavy atom. The van der Waals surface area contributed by atoms with E-state index in [0.717, 1.165) is 11.3 Å². The average molecular weight is 402 g/mol. The van der Waals surface area contributed by atoms with Crippen molar-refractivity contribution in [3.63, 3.8) is 0 Å². The molecule has 27 heavy (non-hydrogen) atoms. The number of aromatic nitrogens is 1. The first kappa shape index (κ1) is 18.7. The van der Waals surface area contributed by atoms with E-state index in [9.17, 15) is 18.0 Å². The number of hydrogen-bond acceptors (Lipinski definition) is 7. The third kappa shape index (κ3) is 4.39. The molecule has 9 heteroatoms. The summed E-state index contributed by atoms with van der Waals surface area (Å²) >= 11 is 0.869. The van der Waals surface area contributed by atoms with Crippen LogP contribution in [0.4, 0.5) is 5.13 Å². The second-order valence-corrected chi connectivity index (χ2v) is 8.58. The lowest BCUT2D eigenvalue weighted by Gasteiger charge is -2.04. The zero-order valence-corrected chi connectivity index (χ0v) is 15.7. The van der Waals surface area contributed by atoms with Gasteiger partial charge >= 0.3 is 5.97 Å². The molecule has 0 bridgehead atoms. The van der Waals surface area contributed by atoms with Crippen molar-refractivity contribution in [1.82, 2.24) is 4.98 Å². The Morgan fingerprint density at radius 1 is 1.04 bits per heavy atom. The summed E-state index contributed by atoms with van der Waals surface area (Å²) in [4.78, 5) is 27.3. The third-order valence-electron chi connectivity index (χ3n) is 3.40. The molecule has 1 N–H and O–H groups in total. The largest absolute Gasteiger partial charge is 0.427 e. The summed E-state index contributed by atoms with van der Waals surface area (Å²) < 4.78 is 30.0. The van der Waals surface area contributed by atoms with Gasteiger partial charge in [0.2, 0.25) is 9.84 Å². The van der Waals surface area contributed by atoms with Crippen LogP contribution in [-0.2, 0) is 14.6 Å². The summed E-state index contributed by atoms with van der Waals surface area (Å²) in [5, 5.41) is 2.72. The van der Waals surface area contributed by atoms with Gasteiger partial charge in [-0.2, -0.15) is 0 Å². The summed E-state index contributed by atoms with van der Waals surface area (Å²) in [6.45, 7) is 1.28. The molecule has 0 aliphatic heterocycles. The molecule has 7 nitrogen and oxygen atoms in total. The van der Waals surface area contributed by atoms with Crippen LogP contribution in [0.15, 0.2) is 69.9 Å². The molecule has 0 saturated heterocycles. The zero-order chi connectivity index (χ0) is 19.4. The molecule has 0 fully saturated rings. The van der Waals surface area contributed by atoms with Gasteiger partial charge in [-0.15, -0.1) is 0 Å². The minimum absolute atomic E-state index is 0.0363. The molecule has 0 radical (unpaired) electrons. The van der Waals surface area contributed by atoms with Crippen molar-refractivity contribution in [2.75, 3.05) is 5.32 Å². The van der Waals surface area contributed by atoms with E-state index in [1.54, 1.807) is 18.2 Å². The quantitative estimate of drug-likeness (QED) is 0.519. The first-order valence-electron chi connectivity index (χ1n) is 7.72. The molecule has 0 spiro atoms. The predicted octanol–water partition coefficient (Wildman–Crippen LogP) is 3.15. The van der Waals surface area contributed by atoms with Gasteiger partial charge in [0.25, 0.3) is 5.91 Å². The van der Waals surface area contributed by atoms with Gasteiger partial charge in [-0.3, -0.25) is 14.9 Å². The van der Waals surface area contributed by atoms with Crippen LogP contribution in [0.3, 0.4) is 0 Å². The van der Waals surface area contributed by atoms with E-state index in [-0.39, 0.29) is 14.2 Å². The number of benzene rings is 2. The number of nitrogens with one attached hydrogen (secondary N) is 1. The fourth-order valence-corrected chi connectivity index (χ4v) is 4.62. The number of sulfone groups is 1. The predicted molar refractivity (Wildman–Crippen MR) is 99.7 cm³/mol. The number of thiazole rings is 1. The molecule has 0 atom stereocenters. The minimum atomic E-state index is -3.68. The topological polar surface area (TPSA) is 102 Å². The number of amides is 1. The number of nitrogens with zero attached hydrogens (tertiary/aromatic N) is 1. The van der Waals surface area contributed by atoms with Gasteiger partial charge in [0.1, 0.15) is 9.96 Å². The standard InChI is InChI=1S/C18H14N2O5S2/c1-12(21)25-14-9-7-13(8-10-14)17(22)20-18-19-11-16(26-18)27(23,24)15-5-3-2-4-6-15/h2-11H,1H3,(H,19,20,22). The Hall–Kier alpha value is -3.04. The Labute approximate surface area is 159 Å². The molecule has 138 valence electrons. The van der Waals surface area contributed by atoms with Gasteiger partial charge in [0, 0.05) is 12.5 Å². The normalized spacial score (nSPS) is 11.0. The average Bonchev–Trinajstić information content (AvgIpc) is 3.12. The maximum atomic E-state index is 12.5. The molecule has 1 heterocycles. The molecule has 1 amide bonds. The van der Waals surface area contributed by atoms with E-state index >= 15 is 0 Å². The van der Waals surface area contributed by atoms with Crippen LogP contribution in [0.1, 0.15) is 17.3 Å². The Bertz CT molecular complexity index is 1070. The fourth-order valence-electron chi connectivity index (χ4n) is 2.17. The number of carbonyl (C=O) groups excluding carboxylic acids is 2. The summed E-state index contributed by atoms with van der Waals surface area (Å²) in [5.74, 6) is -0.589. The summed E-state index contributed by atoms with van der Waals surface area (Å²) in [6, 6.07) is 13.9. The first-order chi connectivity index (χ1) is 12.9. The van der Waals surface area contributed by atoms with Crippen LogP contribution in [0.5, 0.6) is 5.75 Å². The van der Waals surface area contributed by atoms with Crippen LogP contribution in [0.25, 0.3) is 0 Å². The van der Waals surface area contributed by atoms with Crippen LogP contribution < -0.4 is 10.1 Å². The summed E-state index contributed by atoms with van der Waals surface area (Å²) in [7, 11) is -3.68. The smallest absolute Gasteiger partial charge is 0.308 e.